The van der Waals surface area contributed by atoms with Gasteiger partial charge in [-0.25, -0.2) is 0 Å². The topological polar surface area (TPSA) is 64.9 Å². The van der Waals surface area contributed by atoms with Crippen LogP contribution in [-0.4, -0.2) is 33.4 Å². The Balaban J connectivity index is 2.13. The minimum absolute atomic E-state index is 0.229. The van der Waals surface area contributed by atoms with Gasteiger partial charge in [0.05, 0.1) is 24.9 Å². The Labute approximate surface area is 105 Å². The van der Waals surface area contributed by atoms with Gasteiger partial charge in [-0.1, -0.05) is 0 Å². The molecule has 0 saturated heterocycles. The zero-order valence-corrected chi connectivity index (χ0v) is 10.4. The Morgan fingerprint density at radius 3 is 3.17 bits per heavy atom. The van der Waals surface area contributed by atoms with Crippen LogP contribution in [0.2, 0.25) is 0 Å². The fourth-order valence-electron chi connectivity index (χ4n) is 2.27. The first-order valence-electron chi connectivity index (χ1n) is 5.96. The number of methoxy groups -OCH3 is 1. The summed E-state index contributed by atoms with van der Waals surface area (Å²) < 4.78 is 7.47. The maximum Gasteiger partial charge on any atom is 0.167 e. The lowest BCUT2D eigenvalue weighted by Crippen LogP contribution is -2.32. The summed E-state index contributed by atoms with van der Waals surface area (Å²) in [5.41, 5.74) is 0.931. The van der Waals surface area contributed by atoms with Gasteiger partial charge in [-0.3, -0.25) is 4.98 Å². The van der Waals surface area contributed by atoms with Gasteiger partial charge in [-0.2, -0.15) is 0 Å². The maximum absolute atomic E-state index is 5.33. The van der Waals surface area contributed by atoms with E-state index in [0.717, 1.165) is 36.1 Å². The Kier molecular flexibility index (Phi) is 2.71. The summed E-state index contributed by atoms with van der Waals surface area (Å²) >= 11 is 0. The van der Waals surface area contributed by atoms with Gasteiger partial charge in [0.2, 0.25) is 0 Å². The third kappa shape index (κ3) is 1.65. The molecule has 1 unspecified atom stereocenters. The van der Waals surface area contributed by atoms with E-state index in [1.165, 1.54) is 0 Å². The number of fused-ring (bicyclic) bond motifs is 1. The predicted molar refractivity (Wildman–Crippen MR) is 66.2 cm³/mol. The standard InChI is InChI=1S/C12H15N5O/c1-8-11-15-16-12(17(11)6-5-14-8)9-3-4-13-7-10(9)18-2/h3-4,7-8,14H,5-6H2,1-2H3. The number of ether oxygens (including phenoxy) is 1. The molecule has 3 rings (SSSR count). The van der Waals surface area contributed by atoms with Crippen molar-refractivity contribution < 1.29 is 4.74 Å². The lowest BCUT2D eigenvalue weighted by molar-refractivity contribution is 0.412. The van der Waals surface area contributed by atoms with Crippen LogP contribution < -0.4 is 10.1 Å². The van der Waals surface area contributed by atoms with E-state index >= 15 is 0 Å². The molecule has 0 spiro atoms. The molecule has 0 aliphatic carbocycles. The Morgan fingerprint density at radius 2 is 2.33 bits per heavy atom. The molecule has 0 fully saturated rings. The number of hydrogen-bond donors (Lipinski definition) is 1. The van der Waals surface area contributed by atoms with E-state index in [2.05, 4.69) is 32.0 Å². The predicted octanol–water partition coefficient (Wildman–Crippen LogP) is 1.01. The smallest absolute Gasteiger partial charge is 0.167 e. The quantitative estimate of drug-likeness (QED) is 0.855. The number of nitrogens with one attached hydrogen (secondary N) is 1. The summed E-state index contributed by atoms with van der Waals surface area (Å²) in [5, 5.41) is 11.9. The third-order valence-electron chi connectivity index (χ3n) is 3.20. The second-order valence-electron chi connectivity index (χ2n) is 4.29. The van der Waals surface area contributed by atoms with Crippen LogP contribution in [0.15, 0.2) is 18.5 Å². The second-order valence-corrected chi connectivity index (χ2v) is 4.29. The number of pyridine rings is 1. The Bertz CT molecular complexity index is 565. The van der Waals surface area contributed by atoms with Gasteiger partial charge < -0.3 is 14.6 Å². The van der Waals surface area contributed by atoms with Gasteiger partial charge in [0.25, 0.3) is 0 Å². The van der Waals surface area contributed by atoms with E-state index in [0.29, 0.717) is 0 Å². The van der Waals surface area contributed by atoms with Crippen molar-refractivity contribution in [2.24, 2.45) is 0 Å². The molecule has 94 valence electrons. The molecule has 0 amide bonds. The summed E-state index contributed by atoms with van der Waals surface area (Å²) in [6.45, 7) is 3.88. The van der Waals surface area contributed by atoms with Crippen LogP contribution in [0.3, 0.4) is 0 Å². The third-order valence-corrected chi connectivity index (χ3v) is 3.20. The molecular weight excluding hydrogens is 230 g/mol. The van der Waals surface area contributed by atoms with Crippen molar-refractivity contribution in [1.82, 2.24) is 25.1 Å². The van der Waals surface area contributed by atoms with E-state index < -0.39 is 0 Å². The van der Waals surface area contributed by atoms with Crippen LogP contribution >= 0.6 is 0 Å². The molecule has 0 radical (unpaired) electrons. The van der Waals surface area contributed by atoms with Crippen LogP contribution in [0.1, 0.15) is 18.8 Å². The van der Waals surface area contributed by atoms with E-state index in [9.17, 15) is 0 Å². The van der Waals surface area contributed by atoms with Crippen LogP contribution in [0.4, 0.5) is 0 Å². The molecule has 1 aliphatic heterocycles. The molecule has 18 heavy (non-hydrogen) atoms. The van der Waals surface area contributed by atoms with Crippen LogP contribution in [-0.2, 0) is 6.54 Å². The highest BCUT2D eigenvalue weighted by molar-refractivity contribution is 5.63. The molecule has 2 aromatic rings. The summed E-state index contributed by atoms with van der Waals surface area (Å²) in [5.74, 6) is 2.53. The molecule has 0 aromatic carbocycles. The zero-order valence-electron chi connectivity index (χ0n) is 10.4. The first-order chi connectivity index (χ1) is 8.81. The van der Waals surface area contributed by atoms with Gasteiger partial charge >= 0.3 is 0 Å². The monoisotopic (exact) mass is 245 g/mol. The van der Waals surface area contributed by atoms with E-state index in [4.69, 9.17) is 4.74 Å². The van der Waals surface area contributed by atoms with Crippen LogP contribution in [0.5, 0.6) is 5.75 Å². The van der Waals surface area contributed by atoms with Crippen molar-refractivity contribution in [3.63, 3.8) is 0 Å². The average molecular weight is 245 g/mol. The lowest BCUT2D eigenvalue weighted by Gasteiger charge is -2.22. The van der Waals surface area contributed by atoms with Crippen molar-refractivity contribution in [3.8, 4) is 17.1 Å². The Morgan fingerprint density at radius 1 is 1.44 bits per heavy atom. The fraction of sp³-hybridized carbons (Fsp3) is 0.417. The molecule has 0 bridgehead atoms. The van der Waals surface area contributed by atoms with Crippen molar-refractivity contribution in [1.29, 1.82) is 0 Å². The van der Waals surface area contributed by atoms with E-state index in [1.54, 1.807) is 19.5 Å². The first-order valence-corrected chi connectivity index (χ1v) is 5.96. The molecule has 1 aliphatic rings. The first kappa shape index (κ1) is 11.2. The summed E-state index contributed by atoms with van der Waals surface area (Å²) in [6.07, 6.45) is 3.44. The van der Waals surface area contributed by atoms with Gasteiger partial charge in [-0.05, 0) is 13.0 Å². The highest BCUT2D eigenvalue weighted by Gasteiger charge is 2.23. The minimum Gasteiger partial charge on any atom is -0.494 e. The zero-order chi connectivity index (χ0) is 12.5. The normalized spacial score (nSPS) is 18.4. The van der Waals surface area contributed by atoms with Crippen LogP contribution in [0, 0.1) is 0 Å². The molecular formula is C12H15N5O. The van der Waals surface area contributed by atoms with Crippen molar-refractivity contribution in [2.75, 3.05) is 13.7 Å². The van der Waals surface area contributed by atoms with E-state index in [-0.39, 0.29) is 6.04 Å². The molecule has 1 N–H and O–H groups in total. The molecule has 2 aromatic heterocycles. The van der Waals surface area contributed by atoms with Crippen LogP contribution in [0.25, 0.3) is 11.4 Å². The highest BCUT2D eigenvalue weighted by atomic mass is 16.5. The summed E-state index contributed by atoms with van der Waals surface area (Å²) in [4.78, 5) is 4.06. The molecule has 6 heteroatoms. The van der Waals surface area contributed by atoms with E-state index in [1.807, 2.05) is 6.07 Å². The van der Waals surface area contributed by atoms with Crippen molar-refractivity contribution >= 4 is 0 Å². The van der Waals surface area contributed by atoms with Gasteiger partial charge in [0.15, 0.2) is 5.82 Å². The van der Waals surface area contributed by atoms with Gasteiger partial charge in [0, 0.05) is 19.3 Å². The SMILES string of the molecule is COc1cnccc1-c1nnc2n1CCNC2C. The Hall–Kier alpha value is -1.95. The number of rotatable bonds is 2. The van der Waals surface area contributed by atoms with Gasteiger partial charge in [0.1, 0.15) is 11.6 Å². The molecule has 3 heterocycles. The molecule has 0 saturated carbocycles. The van der Waals surface area contributed by atoms with Gasteiger partial charge in [-0.15, -0.1) is 10.2 Å². The minimum atomic E-state index is 0.229. The number of hydrogen-bond acceptors (Lipinski definition) is 5. The number of nitrogens with zero attached hydrogens (tertiary/aromatic N) is 4. The fourth-order valence-corrected chi connectivity index (χ4v) is 2.27. The molecule has 1 atom stereocenters. The molecule has 6 nitrogen and oxygen atoms in total. The summed E-state index contributed by atoms with van der Waals surface area (Å²) in [7, 11) is 1.64. The second kappa shape index (κ2) is 4.38. The largest absolute Gasteiger partial charge is 0.494 e. The van der Waals surface area contributed by atoms with Crippen molar-refractivity contribution in [2.45, 2.75) is 19.5 Å². The highest BCUT2D eigenvalue weighted by Crippen LogP contribution is 2.29. The number of aromatic nitrogens is 4. The van der Waals surface area contributed by atoms with Crippen molar-refractivity contribution in [3.05, 3.63) is 24.3 Å². The average Bonchev–Trinajstić information content (AvgIpc) is 2.84. The lowest BCUT2D eigenvalue weighted by atomic mass is 10.2. The summed E-state index contributed by atoms with van der Waals surface area (Å²) in [6, 6.07) is 2.14. The maximum atomic E-state index is 5.33.